The number of fused-ring (bicyclic) bond motifs is 1. The Hall–Kier alpha value is -2.45. The predicted octanol–water partition coefficient (Wildman–Crippen LogP) is 3.26. The predicted molar refractivity (Wildman–Crippen MR) is 111 cm³/mol. The van der Waals surface area contributed by atoms with Crippen molar-refractivity contribution in [2.45, 2.75) is 32.7 Å². The van der Waals surface area contributed by atoms with Crippen LogP contribution >= 0.6 is 11.3 Å². The van der Waals surface area contributed by atoms with Crippen LogP contribution in [0.2, 0.25) is 0 Å². The normalized spacial score (nSPS) is 12.7. The fraction of sp³-hybridized carbons (Fsp3) is 0.450. The first kappa shape index (κ1) is 20.3. The van der Waals surface area contributed by atoms with Crippen molar-refractivity contribution in [2.75, 3.05) is 27.7 Å². The molecule has 1 N–H and O–H groups in total. The number of hydrogen-bond acceptors (Lipinski definition) is 6. The van der Waals surface area contributed by atoms with Gasteiger partial charge in [-0.05, 0) is 38.7 Å². The van der Waals surface area contributed by atoms with E-state index >= 15 is 0 Å². The Bertz CT molecular complexity index is 959. The molecule has 2 aromatic heterocycles. The van der Waals surface area contributed by atoms with Gasteiger partial charge < -0.3 is 15.0 Å². The number of amides is 1. The summed E-state index contributed by atoms with van der Waals surface area (Å²) in [6.45, 7) is 6.60. The number of aromatic nitrogens is 3. The van der Waals surface area contributed by atoms with E-state index in [2.05, 4.69) is 34.3 Å². The highest BCUT2D eigenvalue weighted by Crippen LogP contribution is 2.26. The molecule has 7 nitrogen and oxygen atoms in total. The van der Waals surface area contributed by atoms with E-state index in [1.54, 1.807) is 7.11 Å². The summed E-state index contributed by atoms with van der Waals surface area (Å²) in [6, 6.07) is 7.99. The Kier molecular flexibility index (Phi) is 6.00. The molecule has 3 rings (SSSR count). The molecule has 1 unspecified atom stereocenters. The van der Waals surface area contributed by atoms with Crippen molar-refractivity contribution in [2.24, 2.45) is 0 Å². The van der Waals surface area contributed by atoms with Gasteiger partial charge >= 0.3 is 0 Å². The van der Waals surface area contributed by atoms with Crippen molar-refractivity contribution < 1.29 is 9.53 Å². The van der Waals surface area contributed by atoms with Gasteiger partial charge in [0.25, 0.3) is 5.91 Å². The summed E-state index contributed by atoms with van der Waals surface area (Å²) in [4.78, 5) is 16.4. The number of ether oxygens (including phenoxy) is 1. The van der Waals surface area contributed by atoms with Crippen molar-refractivity contribution >= 4 is 22.2 Å². The van der Waals surface area contributed by atoms with E-state index in [0.29, 0.717) is 11.4 Å². The summed E-state index contributed by atoms with van der Waals surface area (Å²) in [6.07, 6.45) is 0. The molecule has 3 aromatic rings. The van der Waals surface area contributed by atoms with Gasteiger partial charge in [-0.15, -0.1) is 10.2 Å². The Morgan fingerprint density at radius 2 is 1.93 bits per heavy atom. The number of nitrogens with one attached hydrogen (secondary N) is 1. The van der Waals surface area contributed by atoms with Crippen molar-refractivity contribution in [1.82, 2.24) is 24.8 Å². The molecule has 0 spiro atoms. The third kappa shape index (κ3) is 3.88. The third-order valence-corrected chi connectivity index (χ3v) is 5.95. The molecule has 0 aliphatic rings. The second-order valence-electron chi connectivity index (χ2n) is 7.31. The van der Waals surface area contributed by atoms with E-state index in [9.17, 15) is 4.79 Å². The van der Waals surface area contributed by atoms with Gasteiger partial charge in [0.2, 0.25) is 4.96 Å². The van der Waals surface area contributed by atoms with Crippen LogP contribution < -0.4 is 10.1 Å². The van der Waals surface area contributed by atoms with Gasteiger partial charge in [-0.3, -0.25) is 9.20 Å². The molecule has 0 saturated carbocycles. The maximum atomic E-state index is 12.9. The molecule has 0 radical (unpaired) electrons. The highest BCUT2D eigenvalue weighted by Gasteiger charge is 2.22. The molecule has 2 heterocycles. The Labute approximate surface area is 169 Å². The Morgan fingerprint density at radius 3 is 2.50 bits per heavy atom. The minimum absolute atomic E-state index is 0.0621. The van der Waals surface area contributed by atoms with E-state index < -0.39 is 0 Å². The fourth-order valence-corrected chi connectivity index (χ4v) is 4.20. The average Bonchev–Trinajstić information content (AvgIpc) is 3.22. The summed E-state index contributed by atoms with van der Waals surface area (Å²) in [5.41, 5.74) is 2.01. The van der Waals surface area contributed by atoms with Crippen LogP contribution in [0.1, 0.15) is 52.6 Å². The van der Waals surface area contributed by atoms with Crippen LogP contribution in [0, 0.1) is 6.92 Å². The van der Waals surface area contributed by atoms with Crippen molar-refractivity contribution in [3.63, 3.8) is 0 Å². The number of carbonyl (C=O) groups excluding carboxylic acids is 1. The summed E-state index contributed by atoms with van der Waals surface area (Å²) in [5, 5.41) is 11.5. The number of aryl methyl sites for hydroxylation is 1. The van der Waals surface area contributed by atoms with Crippen molar-refractivity contribution in [3.8, 4) is 5.75 Å². The Morgan fingerprint density at radius 1 is 1.25 bits per heavy atom. The lowest BCUT2D eigenvalue weighted by molar-refractivity contribution is 0.0945. The first-order valence-corrected chi connectivity index (χ1v) is 10.1. The number of methoxy groups -OCH3 is 1. The molecule has 8 heteroatoms. The molecule has 1 amide bonds. The van der Waals surface area contributed by atoms with Gasteiger partial charge in [0.15, 0.2) is 0 Å². The zero-order valence-corrected chi connectivity index (χ0v) is 18.0. The smallest absolute Gasteiger partial charge is 0.263 e. The number of benzene rings is 1. The molecule has 0 saturated heterocycles. The topological polar surface area (TPSA) is 71.8 Å². The van der Waals surface area contributed by atoms with Crippen LogP contribution in [-0.4, -0.2) is 53.2 Å². The second kappa shape index (κ2) is 8.28. The van der Waals surface area contributed by atoms with Gasteiger partial charge in [0.05, 0.1) is 13.2 Å². The standard InChI is InChI=1S/C20H27N5O2S/c1-12(2)18-22-23-20-25(18)13(3)17(28-20)19(26)21-11-16(24(4)5)14-7-9-15(27-6)10-8-14/h7-10,12,16H,11H2,1-6H3,(H,21,26). The van der Waals surface area contributed by atoms with Gasteiger partial charge in [0, 0.05) is 18.2 Å². The average molecular weight is 402 g/mol. The van der Waals surface area contributed by atoms with Gasteiger partial charge in [-0.25, -0.2) is 0 Å². The monoisotopic (exact) mass is 401 g/mol. The zero-order valence-electron chi connectivity index (χ0n) is 17.2. The van der Waals surface area contributed by atoms with Crippen molar-refractivity contribution in [3.05, 3.63) is 46.2 Å². The van der Waals surface area contributed by atoms with Gasteiger partial charge in [-0.1, -0.05) is 37.3 Å². The lowest BCUT2D eigenvalue weighted by atomic mass is 10.1. The van der Waals surface area contributed by atoms with Gasteiger partial charge in [0.1, 0.15) is 16.5 Å². The first-order chi connectivity index (χ1) is 13.3. The van der Waals surface area contributed by atoms with Crippen LogP contribution in [-0.2, 0) is 0 Å². The first-order valence-electron chi connectivity index (χ1n) is 9.26. The summed E-state index contributed by atoms with van der Waals surface area (Å²) in [5.74, 6) is 1.86. The van der Waals surface area contributed by atoms with Crippen molar-refractivity contribution in [1.29, 1.82) is 0 Å². The van der Waals surface area contributed by atoms with Gasteiger partial charge in [-0.2, -0.15) is 0 Å². The molecule has 0 aliphatic heterocycles. The SMILES string of the molecule is COc1ccc(C(CNC(=O)c2sc3nnc(C(C)C)n3c2C)N(C)C)cc1. The summed E-state index contributed by atoms with van der Waals surface area (Å²) >= 11 is 1.38. The molecule has 0 fully saturated rings. The number of hydrogen-bond donors (Lipinski definition) is 1. The van der Waals surface area contributed by atoms with Crippen LogP contribution in [0.25, 0.3) is 4.96 Å². The minimum Gasteiger partial charge on any atom is -0.497 e. The molecular weight excluding hydrogens is 374 g/mol. The number of likely N-dealkylation sites (N-methyl/N-ethyl adjacent to an activating group) is 1. The second-order valence-corrected chi connectivity index (χ2v) is 8.29. The molecule has 0 bridgehead atoms. The maximum Gasteiger partial charge on any atom is 0.263 e. The molecule has 28 heavy (non-hydrogen) atoms. The van der Waals surface area contributed by atoms with E-state index in [1.807, 2.05) is 49.7 Å². The maximum absolute atomic E-state index is 12.9. The highest BCUT2D eigenvalue weighted by molar-refractivity contribution is 7.19. The van der Waals surface area contributed by atoms with E-state index in [0.717, 1.165) is 27.8 Å². The quantitative estimate of drug-likeness (QED) is 0.658. The van der Waals surface area contributed by atoms with Crippen LogP contribution in [0.15, 0.2) is 24.3 Å². The van der Waals surface area contributed by atoms with E-state index in [1.165, 1.54) is 11.3 Å². The van der Waals surface area contributed by atoms with Crippen LogP contribution in [0.5, 0.6) is 5.75 Å². The Balaban J connectivity index is 1.78. The van der Waals surface area contributed by atoms with Crippen LogP contribution in [0.4, 0.5) is 0 Å². The number of rotatable bonds is 7. The van der Waals surface area contributed by atoms with E-state index in [-0.39, 0.29) is 17.9 Å². The van der Waals surface area contributed by atoms with E-state index in [4.69, 9.17) is 4.74 Å². The lowest BCUT2D eigenvalue weighted by Gasteiger charge is -2.25. The largest absolute Gasteiger partial charge is 0.497 e. The lowest BCUT2D eigenvalue weighted by Crippen LogP contribution is -2.34. The molecule has 0 aliphatic carbocycles. The number of carbonyl (C=O) groups is 1. The minimum atomic E-state index is -0.0805. The number of thiazole rings is 1. The summed E-state index contributed by atoms with van der Waals surface area (Å²) in [7, 11) is 5.66. The molecule has 1 aromatic carbocycles. The molecular formula is C20H27N5O2S. The molecule has 150 valence electrons. The zero-order chi connectivity index (χ0) is 20.4. The highest BCUT2D eigenvalue weighted by atomic mass is 32.1. The number of nitrogens with zero attached hydrogens (tertiary/aromatic N) is 4. The molecule has 1 atom stereocenters. The van der Waals surface area contributed by atoms with Crippen LogP contribution in [0.3, 0.4) is 0 Å². The third-order valence-electron chi connectivity index (χ3n) is 4.82. The summed E-state index contributed by atoms with van der Waals surface area (Å²) < 4.78 is 7.21. The fourth-order valence-electron chi connectivity index (χ4n) is 3.21.